The van der Waals surface area contributed by atoms with Crippen LogP contribution in [0.15, 0.2) is 24.3 Å². The highest BCUT2D eigenvalue weighted by atomic mass is 16.5. The number of aryl methyl sites for hydroxylation is 1. The van der Waals surface area contributed by atoms with E-state index in [-0.39, 0.29) is 18.1 Å². The lowest BCUT2D eigenvalue weighted by Crippen LogP contribution is -2.22. The van der Waals surface area contributed by atoms with E-state index in [4.69, 9.17) is 10.5 Å². The number of hydrogen-bond donors (Lipinski definition) is 1. The Morgan fingerprint density at radius 2 is 1.72 bits per heavy atom. The fourth-order valence-electron chi connectivity index (χ4n) is 1.04. The van der Waals surface area contributed by atoms with Crippen LogP contribution in [0.2, 0.25) is 0 Å². The number of benzene rings is 1. The molecule has 4 heteroatoms. The van der Waals surface area contributed by atoms with Gasteiger partial charge in [-0.3, -0.25) is 4.79 Å². The zero-order valence-corrected chi connectivity index (χ0v) is 11.8. The molecule has 0 radical (unpaired) electrons. The largest absolute Gasteiger partial charge is 0.488 e. The van der Waals surface area contributed by atoms with Crippen LogP contribution in [0.4, 0.5) is 0 Å². The Hall–Kier alpha value is -1.55. The average molecular weight is 253 g/mol. The monoisotopic (exact) mass is 253 g/mol. The minimum Gasteiger partial charge on any atom is -0.488 e. The van der Waals surface area contributed by atoms with Gasteiger partial charge in [0.15, 0.2) is 0 Å². The van der Waals surface area contributed by atoms with Gasteiger partial charge in [0.2, 0.25) is 0 Å². The molecule has 0 aliphatic carbocycles. The lowest BCUT2D eigenvalue weighted by atomic mass is 10.2. The first-order valence-electron chi connectivity index (χ1n) is 5.81. The number of hydrogen-bond acceptors (Lipinski definition) is 4. The molecule has 0 amide bonds. The van der Waals surface area contributed by atoms with Gasteiger partial charge in [-0.1, -0.05) is 17.7 Å². The van der Waals surface area contributed by atoms with E-state index >= 15 is 0 Å². The third-order valence-electron chi connectivity index (χ3n) is 1.84. The van der Waals surface area contributed by atoms with Crippen LogP contribution in [0.25, 0.3) is 0 Å². The first-order valence-corrected chi connectivity index (χ1v) is 5.81. The quantitative estimate of drug-likeness (QED) is 0.821. The maximum atomic E-state index is 9.83. The third-order valence-corrected chi connectivity index (χ3v) is 1.84. The van der Waals surface area contributed by atoms with Crippen molar-refractivity contribution in [2.45, 2.75) is 33.3 Å². The second-order valence-electron chi connectivity index (χ2n) is 4.81. The normalized spacial score (nSPS) is 10.1. The van der Waals surface area contributed by atoms with E-state index in [0.717, 1.165) is 5.75 Å². The molecular weight excluding hydrogens is 230 g/mol. The Labute approximate surface area is 109 Å². The van der Waals surface area contributed by atoms with Crippen molar-refractivity contribution in [2.75, 3.05) is 13.7 Å². The fourth-order valence-corrected chi connectivity index (χ4v) is 1.04. The summed E-state index contributed by atoms with van der Waals surface area (Å²) in [5.41, 5.74) is 5.97. The molecule has 18 heavy (non-hydrogen) atoms. The molecule has 0 saturated carbocycles. The molecule has 1 aromatic carbocycles. The number of methoxy groups -OCH3 is 1. The summed E-state index contributed by atoms with van der Waals surface area (Å²) >= 11 is 0. The van der Waals surface area contributed by atoms with Gasteiger partial charge in [-0.15, -0.1) is 0 Å². The molecule has 1 rings (SSSR count). The number of carbonyl (C=O) groups excluding carboxylic acids is 1. The lowest BCUT2D eigenvalue weighted by Gasteiger charge is -2.21. The minimum atomic E-state index is -0.380. The van der Waals surface area contributed by atoms with Crippen LogP contribution in [0.1, 0.15) is 26.3 Å². The van der Waals surface area contributed by atoms with E-state index < -0.39 is 0 Å². The first-order chi connectivity index (χ1) is 8.28. The number of nitrogens with two attached hydrogens (primary N) is 1. The highest BCUT2D eigenvalue weighted by Crippen LogP contribution is 2.17. The predicted molar refractivity (Wildman–Crippen MR) is 72.6 cm³/mol. The van der Waals surface area contributed by atoms with Crippen LogP contribution < -0.4 is 10.5 Å². The molecule has 1 aromatic rings. The molecule has 0 fully saturated rings. The van der Waals surface area contributed by atoms with Gasteiger partial charge < -0.3 is 15.2 Å². The fraction of sp³-hybridized carbons (Fsp3) is 0.500. The van der Waals surface area contributed by atoms with Crippen LogP contribution in [0, 0.1) is 6.92 Å². The van der Waals surface area contributed by atoms with Crippen molar-refractivity contribution in [3.8, 4) is 5.75 Å². The Morgan fingerprint density at radius 3 is 2.00 bits per heavy atom. The van der Waals surface area contributed by atoms with E-state index in [9.17, 15) is 4.79 Å². The molecule has 0 aliphatic rings. The third kappa shape index (κ3) is 8.58. The van der Waals surface area contributed by atoms with Gasteiger partial charge >= 0.3 is 5.97 Å². The summed E-state index contributed by atoms with van der Waals surface area (Å²) in [5.74, 6) is 0.558. The SMILES string of the molecule is COC(=O)CN.Cc1ccc(OC(C)(C)C)cc1. The van der Waals surface area contributed by atoms with Gasteiger partial charge in [-0.2, -0.15) is 0 Å². The smallest absolute Gasteiger partial charge is 0.319 e. The number of rotatable bonds is 2. The van der Waals surface area contributed by atoms with Crippen molar-refractivity contribution in [1.29, 1.82) is 0 Å². The molecule has 0 atom stereocenters. The highest BCUT2D eigenvalue weighted by Gasteiger charge is 2.10. The maximum Gasteiger partial charge on any atom is 0.319 e. The van der Waals surface area contributed by atoms with Gasteiger partial charge in [0.1, 0.15) is 11.4 Å². The van der Waals surface area contributed by atoms with E-state index in [1.807, 2.05) is 32.9 Å². The topological polar surface area (TPSA) is 61.5 Å². The van der Waals surface area contributed by atoms with Crippen LogP contribution in [0.3, 0.4) is 0 Å². The summed E-state index contributed by atoms with van der Waals surface area (Å²) in [4.78, 5) is 9.83. The van der Waals surface area contributed by atoms with Crippen molar-refractivity contribution in [1.82, 2.24) is 0 Å². The summed E-state index contributed by atoms with van der Waals surface area (Å²) in [6.07, 6.45) is 0. The molecule has 0 aliphatic heterocycles. The molecule has 4 nitrogen and oxygen atoms in total. The molecule has 0 bridgehead atoms. The van der Waals surface area contributed by atoms with Crippen molar-refractivity contribution in [3.63, 3.8) is 0 Å². The van der Waals surface area contributed by atoms with Crippen LogP contribution in [-0.4, -0.2) is 25.2 Å². The minimum absolute atomic E-state index is 0.0312. The van der Waals surface area contributed by atoms with Crippen molar-refractivity contribution >= 4 is 5.97 Å². The van der Waals surface area contributed by atoms with Gasteiger partial charge in [0, 0.05) is 0 Å². The second kappa shape index (κ2) is 7.71. The Balaban J connectivity index is 0.000000411. The van der Waals surface area contributed by atoms with Crippen LogP contribution in [-0.2, 0) is 9.53 Å². The number of ether oxygens (including phenoxy) is 2. The van der Waals surface area contributed by atoms with E-state index in [1.54, 1.807) is 0 Å². The standard InChI is InChI=1S/C11H16O.C3H7NO2/c1-9-5-7-10(8-6-9)12-11(2,3)4;1-6-3(5)2-4/h5-8H,1-4H3;2,4H2,1H3. The van der Waals surface area contributed by atoms with E-state index in [0.29, 0.717) is 0 Å². The number of esters is 1. The molecule has 0 spiro atoms. The van der Waals surface area contributed by atoms with Crippen molar-refractivity contribution in [2.24, 2.45) is 5.73 Å². The lowest BCUT2D eigenvalue weighted by molar-refractivity contribution is -0.138. The molecular formula is C14H23NO3. The molecule has 0 aromatic heterocycles. The summed E-state index contributed by atoms with van der Waals surface area (Å²) in [6, 6.07) is 8.11. The van der Waals surface area contributed by atoms with Gasteiger partial charge in [0.05, 0.1) is 13.7 Å². The van der Waals surface area contributed by atoms with E-state index in [2.05, 4.69) is 23.8 Å². The maximum absolute atomic E-state index is 9.83. The predicted octanol–water partition coefficient (Wildman–Crippen LogP) is 2.29. The molecule has 2 N–H and O–H groups in total. The summed E-state index contributed by atoms with van der Waals surface area (Å²) in [7, 11) is 1.30. The zero-order chi connectivity index (χ0) is 14.2. The van der Waals surface area contributed by atoms with Gasteiger partial charge in [0.25, 0.3) is 0 Å². The molecule has 0 heterocycles. The second-order valence-corrected chi connectivity index (χ2v) is 4.81. The Morgan fingerprint density at radius 1 is 1.22 bits per heavy atom. The van der Waals surface area contributed by atoms with Crippen molar-refractivity contribution < 1.29 is 14.3 Å². The van der Waals surface area contributed by atoms with E-state index in [1.165, 1.54) is 12.7 Å². The first kappa shape index (κ1) is 16.4. The van der Waals surface area contributed by atoms with Gasteiger partial charge in [-0.25, -0.2) is 0 Å². The highest BCUT2D eigenvalue weighted by molar-refractivity contribution is 5.70. The van der Waals surface area contributed by atoms with Crippen LogP contribution >= 0.6 is 0 Å². The Kier molecular flexibility index (Phi) is 7.05. The van der Waals surface area contributed by atoms with Gasteiger partial charge in [-0.05, 0) is 39.8 Å². The average Bonchev–Trinajstić information content (AvgIpc) is 2.30. The number of carbonyl (C=O) groups is 1. The summed E-state index contributed by atoms with van der Waals surface area (Å²) in [6.45, 7) is 8.18. The summed E-state index contributed by atoms with van der Waals surface area (Å²) in [5, 5.41) is 0. The van der Waals surface area contributed by atoms with Crippen LogP contribution in [0.5, 0.6) is 5.75 Å². The molecule has 102 valence electrons. The van der Waals surface area contributed by atoms with Crippen molar-refractivity contribution in [3.05, 3.63) is 29.8 Å². The zero-order valence-electron chi connectivity index (χ0n) is 11.8. The molecule has 0 saturated heterocycles. The Bertz CT molecular complexity index is 346. The molecule has 0 unspecified atom stereocenters. The summed E-state index contributed by atoms with van der Waals surface area (Å²) < 4.78 is 9.79.